The lowest BCUT2D eigenvalue weighted by Gasteiger charge is -2.30. The van der Waals surface area contributed by atoms with Crippen molar-refractivity contribution < 1.29 is 13.9 Å². The number of ether oxygens (including phenoxy) is 1. The van der Waals surface area contributed by atoms with E-state index in [0.29, 0.717) is 35.0 Å². The van der Waals surface area contributed by atoms with Crippen molar-refractivity contribution >= 4 is 34.6 Å². The van der Waals surface area contributed by atoms with Crippen molar-refractivity contribution in [3.8, 4) is 0 Å². The number of benzene rings is 1. The highest BCUT2D eigenvalue weighted by Gasteiger charge is 2.34. The van der Waals surface area contributed by atoms with Crippen LogP contribution in [0.2, 0.25) is 5.02 Å². The van der Waals surface area contributed by atoms with Crippen molar-refractivity contribution in [2.75, 3.05) is 37.4 Å². The van der Waals surface area contributed by atoms with Gasteiger partial charge in [0.2, 0.25) is 0 Å². The van der Waals surface area contributed by atoms with Gasteiger partial charge in [-0.25, -0.2) is 4.79 Å². The van der Waals surface area contributed by atoms with Crippen molar-refractivity contribution in [3.63, 3.8) is 0 Å². The number of nitrogens with one attached hydrogen (secondary N) is 2. The Morgan fingerprint density at radius 1 is 1.00 bits per heavy atom. The van der Waals surface area contributed by atoms with Gasteiger partial charge in [-0.2, -0.15) is 9.36 Å². The van der Waals surface area contributed by atoms with Crippen LogP contribution in [-0.4, -0.2) is 57.4 Å². The molecule has 3 heterocycles. The van der Waals surface area contributed by atoms with Crippen LogP contribution in [0.1, 0.15) is 54.1 Å². The van der Waals surface area contributed by atoms with Crippen LogP contribution in [0.25, 0.3) is 0 Å². The number of rotatable bonds is 12. The van der Waals surface area contributed by atoms with E-state index >= 15 is 0 Å². The van der Waals surface area contributed by atoms with Gasteiger partial charge < -0.3 is 24.7 Å². The summed E-state index contributed by atoms with van der Waals surface area (Å²) in [4.78, 5) is 52.8. The average Bonchev–Trinajstić information content (AvgIpc) is 3.65. The normalized spacial score (nSPS) is 14.0. The summed E-state index contributed by atoms with van der Waals surface area (Å²) in [5.74, 6) is 1.17. The van der Waals surface area contributed by atoms with Gasteiger partial charge in [-0.1, -0.05) is 32.4 Å². The van der Waals surface area contributed by atoms with E-state index in [2.05, 4.69) is 41.8 Å². The van der Waals surface area contributed by atoms with Crippen LogP contribution in [0.5, 0.6) is 0 Å². The molecule has 0 saturated carbocycles. The summed E-state index contributed by atoms with van der Waals surface area (Å²) < 4.78 is 13.2. The molecular weight excluding hydrogens is 578 g/mol. The van der Waals surface area contributed by atoms with Gasteiger partial charge in [0.25, 0.3) is 16.8 Å². The highest BCUT2D eigenvalue weighted by molar-refractivity contribution is 6.32. The lowest BCUT2D eigenvalue weighted by atomic mass is 9.79. The number of halogens is 1. The summed E-state index contributed by atoms with van der Waals surface area (Å²) in [5, 5.41) is 14.3. The average molecular weight is 612 g/mol. The Hall–Kier alpha value is -4.23. The number of methoxy groups -OCH3 is 1. The number of hydrogen-bond donors (Lipinski definition) is 2. The van der Waals surface area contributed by atoms with Gasteiger partial charge in [0.15, 0.2) is 0 Å². The molecule has 0 spiro atoms. The molecule has 1 aliphatic heterocycles. The zero-order chi connectivity index (χ0) is 31.1. The van der Waals surface area contributed by atoms with Gasteiger partial charge in [-0.3, -0.25) is 14.4 Å². The molecule has 1 unspecified atom stereocenters. The maximum absolute atomic E-state index is 13.5. The van der Waals surface area contributed by atoms with E-state index < -0.39 is 16.5 Å². The number of carbonyl (C=O) groups is 1. The highest BCUT2D eigenvalue weighted by Crippen LogP contribution is 2.38. The predicted molar refractivity (Wildman–Crippen MR) is 161 cm³/mol. The summed E-state index contributed by atoms with van der Waals surface area (Å²) in [5.41, 5.74) is -0.413. The second kappa shape index (κ2) is 11.8. The molecule has 1 aliphatic rings. The number of furan rings is 1. The molecule has 0 fully saturated rings. The molecule has 0 aliphatic carbocycles. The lowest BCUT2D eigenvalue weighted by Crippen LogP contribution is -2.38. The first-order valence-electron chi connectivity index (χ1n) is 13.9. The van der Waals surface area contributed by atoms with E-state index in [4.69, 9.17) is 20.8 Å². The number of aromatic nitrogens is 4. The largest absolute Gasteiger partial charge is 0.466 e. The number of amides is 1. The van der Waals surface area contributed by atoms with Crippen molar-refractivity contribution in [1.82, 2.24) is 24.7 Å². The zero-order valence-corrected chi connectivity index (χ0v) is 25.4. The molecule has 14 heteroatoms. The standard InChI is InChI=1S/C29H34ClN7O6/c1-16-6-9-21(43-16)18(29(2,3)4)14-31-23-24(26(39)25(23)38)32-20-8-7-19(30)17-15-35(27(40)22(17)20)10-11-36-28(41)37(34-33-36)12-13-42-5/h6-9,18,31-32H,10-15H2,1-5H3. The van der Waals surface area contributed by atoms with Gasteiger partial charge in [0.05, 0.1) is 30.9 Å². The monoisotopic (exact) mass is 611 g/mol. The molecule has 1 atom stereocenters. The van der Waals surface area contributed by atoms with E-state index in [1.165, 1.54) is 16.5 Å². The summed E-state index contributed by atoms with van der Waals surface area (Å²) >= 11 is 6.46. The van der Waals surface area contributed by atoms with Crippen molar-refractivity contribution in [3.05, 3.63) is 82.9 Å². The molecule has 13 nitrogen and oxygen atoms in total. The van der Waals surface area contributed by atoms with E-state index in [-0.39, 0.29) is 54.8 Å². The van der Waals surface area contributed by atoms with E-state index in [0.717, 1.165) is 11.5 Å². The number of carbonyl (C=O) groups excluding carboxylic acids is 1. The molecule has 2 N–H and O–H groups in total. The molecule has 43 heavy (non-hydrogen) atoms. The Morgan fingerprint density at radius 2 is 1.70 bits per heavy atom. The van der Waals surface area contributed by atoms with Gasteiger partial charge in [-0.05, 0) is 47.0 Å². The summed E-state index contributed by atoms with van der Waals surface area (Å²) in [6.45, 7) is 9.56. The minimum Gasteiger partial charge on any atom is -0.466 e. The molecule has 4 aromatic rings. The molecule has 0 saturated heterocycles. The number of hydrogen-bond acceptors (Lipinski definition) is 10. The van der Waals surface area contributed by atoms with Crippen LogP contribution in [-0.2, 0) is 24.4 Å². The minimum absolute atomic E-state index is 0.0811. The highest BCUT2D eigenvalue weighted by atomic mass is 35.5. The number of nitrogens with zero attached hydrogens (tertiary/aromatic N) is 5. The van der Waals surface area contributed by atoms with Crippen LogP contribution in [0, 0.1) is 12.3 Å². The Labute approximate surface area is 252 Å². The maximum atomic E-state index is 13.5. The zero-order valence-electron chi connectivity index (χ0n) is 24.7. The van der Waals surface area contributed by atoms with Gasteiger partial charge in [0.1, 0.15) is 22.9 Å². The Morgan fingerprint density at radius 3 is 2.35 bits per heavy atom. The van der Waals surface area contributed by atoms with Crippen LogP contribution in [0.3, 0.4) is 0 Å². The van der Waals surface area contributed by atoms with Gasteiger partial charge >= 0.3 is 5.69 Å². The molecule has 5 rings (SSSR count). The molecular formula is C29H34ClN7O6. The van der Waals surface area contributed by atoms with Crippen LogP contribution in [0.15, 0.2) is 43.1 Å². The number of anilines is 3. The van der Waals surface area contributed by atoms with E-state index in [1.54, 1.807) is 17.0 Å². The van der Waals surface area contributed by atoms with Gasteiger partial charge in [0, 0.05) is 43.2 Å². The third-order valence-electron chi connectivity index (χ3n) is 7.70. The molecule has 0 bridgehead atoms. The second-order valence-electron chi connectivity index (χ2n) is 11.7. The molecule has 228 valence electrons. The van der Waals surface area contributed by atoms with Crippen molar-refractivity contribution in [2.24, 2.45) is 5.41 Å². The van der Waals surface area contributed by atoms with Crippen molar-refractivity contribution in [2.45, 2.75) is 53.2 Å². The molecule has 1 amide bonds. The Balaban J connectivity index is 1.33. The fourth-order valence-corrected chi connectivity index (χ4v) is 5.42. The quantitative estimate of drug-likeness (QED) is 0.229. The molecule has 2 aromatic heterocycles. The Bertz CT molecular complexity index is 1790. The summed E-state index contributed by atoms with van der Waals surface area (Å²) in [6.07, 6.45) is 0. The van der Waals surface area contributed by atoms with E-state index in [1.807, 2.05) is 19.1 Å². The first-order chi connectivity index (χ1) is 20.4. The van der Waals surface area contributed by atoms with Crippen LogP contribution in [0.4, 0.5) is 17.1 Å². The van der Waals surface area contributed by atoms with Crippen LogP contribution >= 0.6 is 11.6 Å². The number of tetrazole rings is 1. The first kappa shape index (κ1) is 30.2. The molecule has 2 aromatic carbocycles. The number of aryl methyl sites for hydroxylation is 1. The number of fused-ring (bicyclic) bond motifs is 1. The SMILES string of the molecule is COCCn1nnn(CCN2Cc3c(Cl)ccc(Nc4c(NCC(c5ccc(C)o5)C(C)(C)C)c(=O)c4=O)c3C2=O)c1=O. The predicted octanol–water partition coefficient (Wildman–Crippen LogP) is 2.88. The van der Waals surface area contributed by atoms with Crippen molar-refractivity contribution in [1.29, 1.82) is 0 Å². The van der Waals surface area contributed by atoms with Gasteiger partial charge in [-0.15, -0.1) is 0 Å². The molecule has 0 radical (unpaired) electrons. The fraction of sp³-hybridized carbons (Fsp3) is 0.448. The smallest absolute Gasteiger partial charge is 0.363 e. The maximum Gasteiger partial charge on any atom is 0.363 e. The fourth-order valence-electron chi connectivity index (χ4n) is 5.20. The van der Waals surface area contributed by atoms with E-state index in [9.17, 15) is 19.2 Å². The van der Waals surface area contributed by atoms with Crippen LogP contribution < -0.4 is 27.2 Å². The third-order valence-corrected chi connectivity index (χ3v) is 8.05. The Kier molecular flexibility index (Phi) is 8.30. The second-order valence-corrected chi connectivity index (χ2v) is 12.1. The lowest BCUT2D eigenvalue weighted by molar-refractivity contribution is 0.0771. The minimum atomic E-state index is -0.675. The summed E-state index contributed by atoms with van der Waals surface area (Å²) in [6, 6.07) is 7.06. The third kappa shape index (κ3) is 5.87. The topological polar surface area (TPSA) is 154 Å². The first-order valence-corrected chi connectivity index (χ1v) is 14.3. The summed E-state index contributed by atoms with van der Waals surface area (Å²) in [7, 11) is 1.53.